The smallest absolute Gasteiger partial charge is 0.266 e. The number of rotatable bonds is 2. The third-order valence-corrected chi connectivity index (χ3v) is 2.94. The van der Waals surface area contributed by atoms with Crippen molar-refractivity contribution in [3.8, 4) is 12.0 Å². The molecule has 0 heterocycles. The molecule has 0 saturated carbocycles. The molecule has 0 spiro atoms. The van der Waals surface area contributed by atoms with E-state index in [4.69, 9.17) is 4.43 Å². The second-order valence-electron chi connectivity index (χ2n) is 4.79. The Hall–Kier alpha value is -1.20. The van der Waals surface area contributed by atoms with E-state index in [1.807, 2.05) is 18.2 Å². The molecule has 1 rings (SSSR count). The van der Waals surface area contributed by atoms with Crippen LogP contribution in [0.5, 0.6) is 0 Å². The highest BCUT2D eigenvalue weighted by Gasteiger charge is 2.06. The molecule has 0 aliphatic heterocycles. The molecular weight excluding hydrogens is 200 g/mol. The van der Waals surface area contributed by atoms with Crippen molar-refractivity contribution in [1.29, 1.82) is 0 Å². The van der Waals surface area contributed by atoms with Crippen molar-refractivity contribution in [2.75, 3.05) is 0 Å². The van der Waals surface area contributed by atoms with Gasteiger partial charge in [-0.1, -0.05) is 57.0 Å². The third kappa shape index (κ3) is 5.98. The zero-order chi connectivity index (χ0) is 11.1. The summed E-state index contributed by atoms with van der Waals surface area (Å²) in [6.07, 6.45) is 3.69. The van der Waals surface area contributed by atoms with Crippen LogP contribution < -0.4 is 5.19 Å². The van der Waals surface area contributed by atoms with Crippen LogP contribution in [0.15, 0.2) is 30.3 Å². The first-order valence-corrected chi connectivity index (χ1v) is 6.50. The Balaban J connectivity index is 2.28. The van der Waals surface area contributed by atoms with Gasteiger partial charge in [-0.3, -0.25) is 0 Å². The summed E-state index contributed by atoms with van der Waals surface area (Å²) in [5.74, 6) is 3.06. The minimum Gasteiger partial charge on any atom is -0.503 e. The van der Waals surface area contributed by atoms with E-state index in [9.17, 15) is 0 Å². The van der Waals surface area contributed by atoms with Crippen molar-refractivity contribution < 1.29 is 4.43 Å². The molecule has 0 N–H and O–H groups in total. The van der Waals surface area contributed by atoms with Crippen molar-refractivity contribution in [2.45, 2.75) is 27.2 Å². The number of hydrogen-bond acceptors (Lipinski definition) is 1. The molecule has 1 aromatic carbocycles. The molecule has 15 heavy (non-hydrogen) atoms. The van der Waals surface area contributed by atoms with Gasteiger partial charge in [0, 0.05) is 6.42 Å². The first-order chi connectivity index (χ1) is 7.08. The van der Waals surface area contributed by atoms with Crippen molar-refractivity contribution in [1.82, 2.24) is 0 Å². The quantitative estimate of drug-likeness (QED) is 0.543. The van der Waals surface area contributed by atoms with Gasteiger partial charge >= 0.3 is 0 Å². The molecule has 1 aromatic rings. The molecule has 0 radical (unpaired) electrons. The van der Waals surface area contributed by atoms with E-state index >= 15 is 0 Å². The summed E-state index contributed by atoms with van der Waals surface area (Å²) in [5, 5.41) is 1.29. The lowest BCUT2D eigenvalue weighted by atomic mass is 9.93. The average Bonchev–Trinajstić information content (AvgIpc) is 2.17. The molecule has 0 unspecified atom stereocenters. The zero-order valence-corrected chi connectivity index (χ0v) is 11.1. The summed E-state index contributed by atoms with van der Waals surface area (Å²) in [6.45, 7) is 6.53. The lowest BCUT2D eigenvalue weighted by Crippen LogP contribution is -2.14. The highest BCUT2D eigenvalue weighted by atomic mass is 28.2. The van der Waals surface area contributed by atoms with Crippen LogP contribution in [0.25, 0.3) is 0 Å². The summed E-state index contributed by atoms with van der Waals surface area (Å²) >= 11 is 0. The van der Waals surface area contributed by atoms with Crippen LogP contribution in [0.3, 0.4) is 0 Å². The van der Waals surface area contributed by atoms with Gasteiger partial charge in [0.2, 0.25) is 0 Å². The van der Waals surface area contributed by atoms with Crippen molar-refractivity contribution >= 4 is 14.9 Å². The van der Waals surface area contributed by atoms with E-state index in [0.29, 0.717) is 0 Å². The van der Waals surface area contributed by atoms with E-state index in [-0.39, 0.29) is 5.41 Å². The van der Waals surface area contributed by atoms with E-state index in [2.05, 4.69) is 44.9 Å². The van der Waals surface area contributed by atoms with Gasteiger partial charge in [0.05, 0.1) is 6.11 Å². The summed E-state index contributed by atoms with van der Waals surface area (Å²) in [6, 6.07) is 10.3. The van der Waals surface area contributed by atoms with E-state index in [1.165, 1.54) is 5.19 Å². The van der Waals surface area contributed by atoms with Gasteiger partial charge in [0.25, 0.3) is 9.76 Å². The molecule has 0 fully saturated rings. The van der Waals surface area contributed by atoms with Gasteiger partial charge in [0.15, 0.2) is 0 Å². The number of hydrogen-bond donors (Lipinski definition) is 0. The minimum atomic E-state index is -0.649. The second kappa shape index (κ2) is 5.62. The average molecular weight is 218 g/mol. The molecule has 0 aromatic heterocycles. The van der Waals surface area contributed by atoms with Crippen molar-refractivity contribution in [2.24, 2.45) is 5.41 Å². The van der Waals surface area contributed by atoms with Gasteiger partial charge in [0.1, 0.15) is 0 Å². The Morgan fingerprint density at radius 1 is 1.20 bits per heavy atom. The zero-order valence-electron chi connectivity index (χ0n) is 9.71. The lowest BCUT2D eigenvalue weighted by Gasteiger charge is -2.12. The fraction of sp³-hybridized carbons (Fsp3) is 0.385. The van der Waals surface area contributed by atoms with Crippen LogP contribution in [-0.4, -0.2) is 9.76 Å². The van der Waals surface area contributed by atoms with E-state index in [1.54, 1.807) is 0 Å². The van der Waals surface area contributed by atoms with Crippen LogP contribution in [0.2, 0.25) is 0 Å². The minimum absolute atomic E-state index is 0.269. The summed E-state index contributed by atoms with van der Waals surface area (Å²) in [4.78, 5) is 0. The summed E-state index contributed by atoms with van der Waals surface area (Å²) in [5.41, 5.74) is 0.269. The molecule has 0 aliphatic rings. The van der Waals surface area contributed by atoms with E-state index in [0.717, 1.165) is 6.42 Å². The molecule has 2 heteroatoms. The summed E-state index contributed by atoms with van der Waals surface area (Å²) < 4.78 is 5.39. The molecule has 0 aliphatic carbocycles. The molecule has 0 saturated heterocycles. The molecule has 0 amide bonds. The first-order valence-electron chi connectivity index (χ1n) is 5.21. The second-order valence-corrected chi connectivity index (χ2v) is 6.18. The first kappa shape index (κ1) is 11.9. The predicted molar refractivity (Wildman–Crippen MR) is 67.6 cm³/mol. The van der Waals surface area contributed by atoms with E-state index < -0.39 is 9.76 Å². The maximum absolute atomic E-state index is 5.39. The highest BCUT2D eigenvalue weighted by Crippen LogP contribution is 2.16. The highest BCUT2D eigenvalue weighted by molar-refractivity contribution is 6.47. The fourth-order valence-corrected chi connectivity index (χ4v) is 1.85. The van der Waals surface area contributed by atoms with Crippen LogP contribution in [0.4, 0.5) is 0 Å². The largest absolute Gasteiger partial charge is 0.503 e. The normalized spacial score (nSPS) is 11.1. The van der Waals surface area contributed by atoms with Crippen LogP contribution in [-0.2, 0) is 4.43 Å². The SMILES string of the molecule is CC(C)(C)CC#CO[SiH2]c1ccccc1. The molecule has 80 valence electrons. The maximum atomic E-state index is 5.39. The van der Waals surface area contributed by atoms with Crippen molar-refractivity contribution in [3.63, 3.8) is 0 Å². The Bertz CT molecular complexity index is 340. The standard InChI is InChI=1S/C13H18OSi/c1-13(2,3)10-7-11-14-15-12-8-5-4-6-9-12/h4-6,8-9H,10,15H2,1-3H3. The van der Waals surface area contributed by atoms with Crippen LogP contribution >= 0.6 is 0 Å². The summed E-state index contributed by atoms with van der Waals surface area (Å²) in [7, 11) is -0.649. The molecular formula is C13H18OSi. The third-order valence-electron chi connectivity index (χ3n) is 1.84. The van der Waals surface area contributed by atoms with Gasteiger partial charge < -0.3 is 4.43 Å². The van der Waals surface area contributed by atoms with Crippen LogP contribution in [0.1, 0.15) is 27.2 Å². The fourth-order valence-electron chi connectivity index (χ4n) is 1.05. The topological polar surface area (TPSA) is 9.23 Å². The van der Waals surface area contributed by atoms with Gasteiger partial charge in [-0.15, -0.1) is 0 Å². The predicted octanol–water partition coefficient (Wildman–Crippen LogP) is 1.81. The lowest BCUT2D eigenvalue weighted by molar-refractivity contribution is 0.425. The number of benzene rings is 1. The van der Waals surface area contributed by atoms with Gasteiger partial charge in [-0.2, -0.15) is 0 Å². The monoisotopic (exact) mass is 218 g/mol. The van der Waals surface area contributed by atoms with Crippen molar-refractivity contribution in [3.05, 3.63) is 30.3 Å². The Morgan fingerprint density at radius 3 is 2.47 bits per heavy atom. The Kier molecular flexibility index (Phi) is 4.45. The Morgan fingerprint density at radius 2 is 1.87 bits per heavy atom. The van der Waals surface area contributed by atoms with Gasteiger partial charge in [-0.05, 0) is 10.6 Å². The maximum Gasteiger partial charge on any atom is 0.266 e. The molecule has 0 bridgehead atoms. The molecule has 1 nitrogen and oxygen atoms in total. The molecule has 0 atom stereocenters. The van der Waals surface area contributed by atoms with Crippen LogP contribution in [0, 0.1) is 17.4 Å². The van der Waals surface area contributed by atoms with Gasteiger partial charge in [-0.25, -0.2) is 0 Å². The Labute approximate surface area is 94.8 Å².